The molecule has 2 heterocycles. The van der Waals surface area contributed by atoms with Gasteiger partial charge in [0.05, 0.1) is 6.54 Å². The molecule has 1 unspecified atom stereocenters. The van der Waals surface area contributed by atoms with Crippen LogP contribution in [-0.4, -0.2) is 67.5 Å². The average Bonchev–Trinajstić information content (AvgIpc) is 2.87. The number of urea groups is 1. The van der Waals surface area contributed by atoms with Crippen molar-refractivity contribution in [1.29, 1.82) is 0 Å². The summed E-state index contributed by atoms with van der Waals surface area (Å²) < 4.78 is 0. The first kappa shape index (κ1) is 19.0. The lowest BCUT2D eigenvalue weighted by molar-refractivity contribution is -0.125. The molecule has 9 nitrogen and oxygen atoms in total. The Bertz CT molecular complexity index is 556. The number of imide groups is 1. The monoisotopic (exact) mass is 352 g/mol. The normalized spacial score (nSPS) is 24.8. The standard InChI is InChI=1S/C16H28N6O3/c1-4-18-14(19-8-5-12(23)17-3)22-9-6-11(7-10-22)16(2)13(24)20-15(25)21-16/h11H,4-10H2,1-3H3,(H,17,23)(H,18,19)(H2,20,21,24,25). The average molecular weight is 352 g/mol. The molecule has 0 aromatic rings. The van der Waals surface area contributed by atoms with Gasteiger partial charge in [-0.2, -0.15) is 0 Å². The Morgan fingerprint density at radius 2 is 2.04 bits per heavy atom. The Morgan fingerprint density at radius 1 is 1.36 bits per heavy atom. The lowest BCUT2D eigenvalue weighted by Gasteiger charge is -2.39. The molecule has 0 aromatic heterocycles. The number of nitrogens with one attached hydrogen (secondary N) is 4. The van der Waals surface area contributed by atoms with E-state index in [0.717, 1.165) is 38.4 Å². The van der Waals surface area contributed by atoms with Crippen LogP contribution >= 0.6 is 0 Å². The quantitative estimate of drug-likeness (QED) is 0.300. The number of nitrogens with zero attached hydrogens (tertiary/aromatic N) is 2. The summed E-state index contributed by atoms with van der Waals surface area (Å²) in [6.45, 7) is 6.45. The molecule has 0 spiro atoms. The maximum absolute atomic E-state index is 12.1. The molecule has 4 amide bonds. The van der Waals surface area contributed by atoms with Crippen LogP contribution in [0.4, 0.5) is 4.79 Å². The largest absolute Gasteiger partial charge is 0.359 e. The molecule has 2 aliphatic rings. The van der Waals surface area contributed by atoms with Gasteiger partial charge in [0.2, 0.25) is 5.91 Å². The molecule has 140 valence electrons. The van der Waals surface area contributed by atoms with E-state index in [1.54, 1.807) is 14.0 Å². The summed E-state index contributed by atoms with van der Waals surface area (Å²) in [5.74, 6) is 0.593. The van der Waals surface area contributed by atoms with Crippen molar-refractivity contribution in [2.24, 2.45) is 10.9 Å². The Balaban J connectivity index is 1.94. The topological polar surface area (TPSA) is 115 Å². The predicted molar refractivity (Wildman–Crippen MR) is 94.0 cm³/mol. The van der Waals surface area contributed by atoms with Crippen molar-refractivity contribution in [3.63, 3.8) is 0 Å². The number of piperidine rings is 1. The zero-order valence-electron chi connectivity index (χ0n) is 15.1. The van der Waals surface area contributed by atoms with Crippen LogP contribution in [0.15, 0.2) is 4.99 Å². The fourth-order valence-corrected chi connectivity index (χ4v) is 3.33. The van der Waals surface area contributed by atoms with Crippen LogP contribution in [0, 0.1) is 5.92 Å². The third-order valence-corrected chi connectivity index (χ3v) is 4.90. The SMILES string of the molecule is CCNC(=NCCC(=O)NC)N1CCC(C2(C)NC(=O)NC2=O)CC1. The van der Waals surface area contributed by atoms with E-state index in [9.17, 15) is 14.4 Å². The molecule has 2 rings (SSSR count). The number of carbonyl (C=O) groups excluding carboxylic acids is 3. The summed E-state index contributed by atoms with van der Waals surface area (Å²) in [5.41, 5.74) is -0.835. The van der Waals surface area contributed by atoms with Crippen molar-refractivity contribution in [2.75, 3.05) is 33.2 Å². The Kier molecular flexibility index (Phi) is 6.22. The first-order valence-electron chi connectivity index (χ1n) is 8.78. The number of carbonyl (C=O) groups is 3. The van der Waals surface area contributed by atoms with Crippen LogP contribution in [-0.2, 0) is 9.59 Å². The highest BCUT2D eigenvalue weighted by Gasteiger charge is 2.48. The van der Waals surface area contributed by atoms with Crippen LogP contribution < -0.4 is 21.3 Å². The van der Waals surface area contributed by atoms with Gasteiger partial charge in [0.25, 0.3) is 5.91 Å². The smallest absolute Gasteiger partial charge is 0.322 e. The summed E-state index contributed by atoms with van der Waals surface area (Å²) in [4.78, 5) is 41.5. The van der Waals surface area contributed by atoms with Gasteiger partial charge in [0.1, 0.15) is 5.54 Å². The number of hydrogen-bond acceptors (Lipinski definition) is 4. The number of aliphatic imine (C=N–C) groups is 1. The van der Waals surface area contributed by atoms with Crippen LogP contribution in [0.25, 0.3) is 0 Å². The third-order valence-electron chi connectivity index (χ3n) is 4.90. The Hall–Kier alpha value is -2.32. The van der Waals surface area contributed by atoms with Gasteiger partial charge in [0, 0.05) is 33.1 Å². The summed E-state index contributed by atoms with van der Waals surface area (Å²) in [6, 6.07) is -0.418. The van der Waals surface area contributed by atoms with Gasteiger partial charge in [0.15, 0.2) is 5.96 Å². The second-order valence-corrected chi connectivity index (χ2v) is 6.53. The molecule has 2 fully saturated rings. The molecule has 0 radical (unpaired) electrons. The van der Waals surface area contributed by atoms with E-state index in [1.165, 1.54) is 0 Å². The molecule has 25 heavy (non-hydrogen) atoms. The zero-order chi connectivity index (χ0) is 18.4. The maximum atomic E-state index is 12.1. The minimum atomic E-state index is -0.835. The molecule has 2 aliphatic heterocycles. The Labute approximate surface area is 148 Å². The van der Waals surface area contributed by atoms with E-state index in [-0.39, 0.29) is 17.7 Å². The zero-order valence-corrected chi connectivity index (χ0v) is 15.1. The molecule has 9 heteroatoms. The van der Waals surface area contributed by atoms with E-state index >= 15 is 0 Å². The van der Waals surface area contributed by atoms with Crippen molar-refractivity contribution in [3.8, 4) is 0 Å². The molecule has 0 saturated carbocycles. The second-order valence-electron chi connectivity index (χ2n) is 6.53. The van der Waals surface area contributed by atoms with E-state index in [0.29, 0.717) is 13.0 Å². The third kappa shape index (κ3) is 4.40. The fourth-order valence-electron chi connectivity index (χ4n) is 3.33. The van der Waals surface area contributed by atoms with Gasteiger partial charge in [-0.25, -0.2) is 4.79 Å². The molecule has 0 bridgehead atoms. The molecule has 0 aromatic carbocycles. The summed E-state index contributed by atoms with van der Waals surface area (Å²) in [5, 5.41) is 10.9. The van der Waals surface area contributed by atoms with Crippen molar-refractivity contribution < 1.29 is 14.4 Å². The van der Waals surface area contributed by atoms with Gasteiger partial charge in [-0.3, -0.25) is 19.9 Å². The Morgan fingerprint density at radius 3 is 2.56 bits per heavy atom. The van der Waals surface area contributed by atoms with E-state index in [4.69, 9.17) is 0 Å². The van der Waals surface area contributed by atoms with Crippen molar-refractivity contribution in [2.45, 2.75) is 38.6 Å². The maximum Gasteiger partial charge on any atom is 0.322 e. The lowest BCUT2D eigenvalue weighted by atomic mass is 9.79. The summed E-state index contributed by atoms with van der Waals surface area (Å²) >= 11 is 0. The molecule has 1 atom stereocenters. The summed E-state index contributed by atoms with van der Waals surface area (Å²) in [6.07, 6.45) is 1.92. The highest BCUT2D eigenvalue weighted by Crippen LogP contribution is 2.30. The number of likely N-dealkylation sites (tertiary alicyclic amines) is 1. The van der Waals surface area contributed by atoms with E-state index < -0.39 is 11.6 Å². The number of amides is 4. The van der Waals surface area contributed by atoms with Gasteiger partial charge < -0.3 is 20.9 Å². The second kappa shape index (κ2) is 8.17. The van der Waals surface area contributed by atoms with Crippen LogP contribution in [0.2, 0.25) is 0 Å². The van der Waals surface area contributed by atoms with Gasteiger partial charge in [-0.1, -0.05) is 0 Å². The number of rotatable bonds is 5. The van der Waals surface area contributed by atoms with Gasteiger partial charge in [-0.05, 0) is 32.6 Å². The molecule has 2 saturated heterocycles. The van der Waals surface area contributed by atoms with Crippen molar-refractivity contribution in [1.82, 2.24) is 26.2 Å². The van der Waals surface area contributed by atoms with Crippen LogP contribution in [0.1, 0.15) is 33.1 Å². The lowest BCUT2D eigenvalue weighted by Crippen LogP contribution is -2.55. The summed E-state index contributed by atoms with van der Waals surface area (Å²) in [7, 11) is 1.61. The van der Waals surface area contributed by atoms with Gasteiger partial charge >= 0.3 is 6.03 Å². The highest BCUT2D eigenvalue weighted by atomic mass is 16.2. The first-order valence-corrected chi connectivity index (χ1v) is 8.78. The number of guanidine groups is 1. The minimum absolute atomic E-state index is 0.0331. The van der Waals surface area contributed by atoms with Gasteiger partial charge in [-0.15, -0.1) is 0 Å². The molecule has 4 N–H and O–H groups in total. The molecule has 0 aliphatic carbocycles. The highest BCUT2D eigenvalue weighted by molar-refractivity contribution is 6.07. The van der Waals surface area contributed by atoms with Crippen molar-refractivity contribution >= 4 is 23.8 Å². The van der Waals surface area contributed by atoms with E-state index in [2.05, 4.69) is 31.2 Å². The van der Waals surface area contributed by atoms with Crippen LogP contribution in [0.3, 0.4) is 0 Å². The van der Waals surface area contributed by atoms with Crippen molar-refractivity contribution in [3.05, 3.63) is 0 Å². The van der Waals surface area contributed by atoms with Crippen LogP contribution in [0.5, 0.6) is 0 Å². The molecular formula is C16H28N6O3. The first-order chi connectivity index (χ1) is 11.9. The van der Waals surface area contributed by atoms with E-state index in [1.807, 2.05) is 6.92 Å². The fraction of sp³-hybridized carbons (Fsp3) is 0.750. The predicted octanol–water partition coefficient (Wildman–Crippen LogP) is -0.602. The minimum Gasteiger partial charge on any atom is -0.359 e. The number of hydrogen-bond donors (Lipinski definition) is 4. The molecular weight excluding hydrogens is 324 g/mol.